The van der Waals surface area contributed by atoms with Crippen molar-refractivity contribution in [3.8, 4) is 0 Å². The maximum atomic E-state index is 12.7. The van der Waals surface area contributed by atoms with E-state index in [0.717, 1.165) is 10.9 Å². The van der Waals surface area contributed by atoms with E-state index in [9.17, 15) is 14.4 Å². The number of aryl methyl sites for hydroxylation is 1. The minimum Gasteiger partial charge on any atom is -0.464 e. The van der Waals surface area contributed by atoms with Crippen LogP contribution < -0.4 is 10.6 Å². The van der Waals surface area contributed by atoms with Gasteiger partial charge in [0.1, 0.15) is 12.2 Å². The van der Waals surface area contributed by atoms with E-state index in [0.29, 0.717) is 16.7 Å². The molecule has 1 aliphatic heterocycles. The SMILES string of the molecule is CCOC(=O)C1=C(COC(=O)Cc2coc3cc(C)ccc23)NC(=O)N[C@H]1c1ccccc1. The minimum absolute atomic E-state index is 0.00755. The molecular weight excluding hydrogens is 424 g/mol. The largest absolute Gasteiger partial charge is 0.464 e. The second kappa shape index (κ2) is 9.60. The lowest BCUT2D eigenvalue weighted by atomic mass is 9.95. The molecule has 8 nitrogen and oxygen atoms in total. The van der Waals surface area contributed by atoms with E-state index in [-0.39, 0.29) is 30.9 Å². The lowest BCUT2D eigenvalue weighted by Crippen LogP contribution is -2.47. The van der Waals surface area contributed by atoms with Gasteiger partial charge in [-0.2, -0.15) is 0 Å². The molecule has 0 aliphatic carbocycles. The normalized spacial score (nSPS) is 15.7. The van der Waals surface area contributed by atoms with E-state index < -0.39 is 24.0 Å². The predicted octanol–water partition coefficient (Wildman–Crippen LogP) is 3.70. The zero-order chi connectivity index (χ0) is 23.4. The number of hydrogen-bond acceptors (Lipinski definition) is 6. The summed E-state index contributed by atoms with van der Waals surface area (Å²) in [6, 6.07) is 13.6. The Labute approximate surface area is 190 Å². The number of amides is 2. The zero-order valence-electron chi connectivity index (χ0n) is 18.3. The molecule has 1 atom stereocenters. The van der Waals surface area contributed by atoms with E-state index in [1.165, 1.54) is 6.26 Å². The number of rotatable bonds is 7. The average molecular weight is 448 g/mol. The quantitative estimate of drug-likeness (QED) is 0.534. The van der Waals surface area contributed by atoms with Crippen molar-refractivity contribution in [1.29, 1.82) is 0 Å². The molecule has 0 fully saturated rings. The van der Waals surface area contributed by atoms with Crippen LogP contribution in [0, 0.1) is 6.92 Å². The number of nitrogens with one attached hydrogen (secondary N) is 2. The lowest BCUT2D eigenvalue weighted by Gasteiger charge is -2.29. The van der Waals surface area contributed by atoms with Gasteiger partial charge in [0.2, 0.25) is 0 Å². The van der Waals surface area contributed by atoms with E-state index in [1.54, 1.807) is 19.1 Å². The van der Waals surface area contributed by atoms with Crippen LogP contribution in [0.25, 0.3) is 11.0 Å². The fourth-order valence-corrected chi connectivity index (χ4v) is 3.76. The molecule has 2 amide bonds. The van der Waals surface area contributed by atoms with Crippen molar-refractivity contribution in [2.75, 3.05) is 13.2 Å². The summed E-state index contributed by atoms with van der Waals surface area (Å²) in [5.41, 5.74) is 3.54. The number of fused-ring (bicyclic) bond motifs is 1. The molecule has 0 spiro atoms. The Morgan fingerprint density at radius 3 is 2.64 bits per heavy atom. The van der Waals surface area contributed by atoms with Gasteiger partial charge in [-0.15, -0.1) is 0 Å². The summed E-state index contributed by atoms with van der Waals surface area (Å²) in [5, 5.41) is 6.16. The van der Waals surface area contributed by atoms with Gasteiger partial charge in [0.15, 0.2) is 0 Å². The van der Waals surface area contributed by atoms with Crippen molar-refractivity contribution < 1.29 is 28.3 Å². The Morgan fingerprint density at radius 2 is 1.88 bits per heavy atom. The van der Waals surface area contributed by atoms with Crippen LogP contribution in [-0.2, 0) is 25.5 Å². The summed E-state index contributed by atoms with van der Waals surface area (Å²) in [6.07, 6.45) is 1.53. The van der Waals surface area contributed by atoms with E-state index >= 15 is 0 Å². The minimum atomic E-state index is -0.728. The number of ether oxygens (including phenoxy) is 2. The van der Waals surface area contributed by atoms with Gasteiger partial charge in [-0.05, 0) is 31.0 Å². The molecule has 8 heteroatoms. The maximum absolute atomic E-state index is 12.7. The van der Waals surface area contributed by atoms with Gasteiger partial charge >= 0.3 is 18.0 Å². The molecule has 0 saturated heterocycles. The van der Waals surface area contributed by atoms with E-state index in [1.807, 2.05) is 43.3 Å². The Bertz CT molecular complexity index is 1230. The molecule has 33 heavy (non-hydrogen) atoms. The molecule has 4 rings (SSSR count). The van der Waals surface area contributed by atoms with Crippen molar-refractivity contribution in [3.05, 3.63) is 82.8 Å². The van der Waals surface area contributed by atoms with Crippen LogP contribution in [0.3, 0.4) is 0 Å². The fourth-order valence-electron chi connectivity index (χ4n) is 3.76. The first-order valence-electron chi connectivity index (χ1n) is 10.6. The highest BCUT2D eigenvalue weighted by Gasteiger charge is 2.34. The van der Waals surface area contributed by atoms with Crippen LogP contribution in [0.5, 0.6) is 0 Å². The molecule has 2 aromatic carbocycles. The van der Waals surface area contributed by atoms with Crippen LogP contribution in [0.4, 0.5) is 4.79 Å². The first-order chi connectivity index (χ1) is 16.0. The third-order valence-electron chi connectivity index (χ3n) is 5.31. The van der Waals surface area contributed by atoms with Crippen molar-refractivity contribution in [2.45, 2.75) is 26.3 Å². The first-order valence-corrected chi connectivity index (χ1v) is 10.6. The molecule has 170 valence electrons. The summed E-state index contributed by atoms with van der Waals surface area (Å²) in [7, 11) is 0. The Hall–Kier alpha value is -4.07. The number of urea groups is 1. The van der Waals surface area contributed by atoms with Gasteiger partial charge < -0.3 is 24.5 Å². The summed E-state index contributed by atoms with van der Waals surface area (Å²) in [6.45, 7) is 3.54. The van der Waals surface area contributed by atoms with Crippen molar-refractivity contribution in [1.82, 2.24) is 10.6 Å². The van der Waals surface area contributed by atoms with Crippen molar-refractivity contribution in [2.24, 2.45) is 0 Å². The standard InChI is InChI=1S/C25H24N2O6/c1-3-31-24(29)22-19(26-25(30)27-23(22)16-7-5-4-6-8-16)14-33-21(28)12-17-13-32-20-11-15(2)9-10-18(17)20/h4-11,13,23H,3,12,14H2,1-2H3,(H2,26,27,30)/t23-/m0/s1. The smallest absolute Gasteiger partial charge is 0.338 e. The second-order valence-electron chi connectivity index (χ2n) is 7.65. The fraction of sp³-hybridized carbons (Fsp3) is 0.240. The molecule has 2 N–H and O–H groups in total. The van der Waals surface area contributed by atoms with Gasteiger partial charge in [0.25, 0.3) is 0 Å². The molecule has 0 radical (unpaired) electrons. The highest BCUT2D eigenvalue weighted by molar-refractivity contribution is 5.95. The summed E-state index contributed by atoms with van der Waals surface area (Å²) < 4.78 is 16.2. The third kappa shape index (κ3) is 4.90. The van der Waals surface area contributed by atoms with Crippen LogP contribution >= 0.6 is 0 Å². The maximum Gasteiger partial charge on any atom is 0.338 e. The van der Waals surface area contributed by atoms with Gasteiger partial charge in [-0.1, -0.05) is 42.5 Å². The average Bonchev–Trinajstić information content (AvgIpc) is 3.19. The molecule has 3 aromatic rings. The van der Waals surface area contributed by atoms with Crippen LogP contribution in [0.2, 0.25) is 0 Å². The number of hydrogen-bond donors (Lipinski definition) is 2. The topological polar surface area (TPSA) is 107 Å². The van der Waals surface area contributed by atoms with Gasteiger partial charge in [0.05, 0.1) is 36.6 Å². The molecule has 0 bridgehead atoms. The summed E-state index contributed by atoms with van der Waals surface area (Å²) in [5.74, 6) is -1.11. The molecular formula is C25H24N2O6. The second-order valence-corrected chi connectivity index (χ2v) is 7.65. The van der Waals surface area contributed by atoms with E-state index in [2.05, 4.69) is 10.6 Å². The predicted molar refractivity (Wildman–Crippen MR) is 120 cm³/mol. The van der Waals surface area contributed by atoms with Gasteiger partial charge in [0, 0.05) is 10.9 Å². The Balaban J connectivity index is 1.55. The van der Waals surface area contributed by atoms with Gasteiger partial charge in [-0.3, -0.25) is 4.79 Å². The molecule has 1 aliphatic rings. The highest BCUT2D eigenvalue weighted by Crippen LogP contribution is 2.28. The number of carbonyl (C=O) groups excluding carboxylic acids is 3. The van der Waals surface area contributed by atoms with Crippen LogP contribution in [-0.4, -0.2) is 31.2 Å². The Kier molecular flexibility index (Phi) is 6.44. The lowest BCUT2D eigenvalue weighted by molar-refractivity contribution is -0.143. The zero-order valence-corrected chi connectivity index (χ0v) is 18.3. The number of furan rings is 1. The summed E-state index contributed by atoms with van der Waals surface area (Å²) >= 11 is 0. The first kappa shape index (κ1) is 22.1. The van der Waals surface area contributed by atoms with Crippen molar-refractivity contribution >= 4 is 28.9 Å². The molecule has 0 unspecified atom stereocenters. The van der Waals surface area contributed by atoms with Crippen molar-refractivity contribution in [3.63, 3.8) is 0 Å². The molecule has 0 saturated carbocycles. The molecule has 2 heterocycles. The number of benzene rings is 2. The van der Waals surface area contributed by atoms with Crippen LogP contribution in [0.15, 0.2) is 70.5 Å². The third-order valence-corrected chi connectivity index (χ3v) is 5.31. The monoisotopic (exact) mass is 448 g/mol. The highest BCUT2D eigenvalue weighted by atomic mass is 16.5. The Morgan fingerprint density at radius 1 is 1.09 bits per heavy atom. The number of carbonyl (C=O) groups is 3. The number of esters is 2. The summed E-state index contributed by atoms with van der Waals surface area (Å²) in [4.78, 5) is 37.6. The van der Waals surface area contributed by atoms with Gasteiger partial charge in [-0.25, -0.2) is 9.59 Å². The van der Waals surface area contributed by atoms with E-state index in [4.69, 9.17) is 13.9 Å². The molecule has 1 aromatic heterocycles. The van der Waals surface area contributed by atoms with Crippen LogP contribution in [0.1, 0.15) is 29.7 Å².